The maximum Gasteiger partial charge on any atom is 0.514 e. The van der Waals surface area contributed by atoms with Gasteiger partial charge in [-0.15, -0.1) is 0 Å². The van der Waals surface area contributed by atoms with Gasteiger partial charge in [-0.1, -0.05) is 0 Å². The second-order valence-electron chi connectivity index (χ2n) is 5.84. The predicted molar refractivity (Wildman–Crippen MR) is 74.3 cm³/mol. The minimum atomic E-state index is -0.407. The van der Waals surface area contributed by atoms with E-state index in [1.165, 1.54) is 0 Å². The second kappa shape index (κ2) is 4.92. The van der Waals surface area contributed by atoms with Crippen molar-refractivity contribution in [1.82, 2.24) is 9.78 Å². The van der Waals surface area contributed by atoms with Crippen LogP contribution in [0.25, 0.3) is 0 Å². The summed E-state index contributed by atoms with van der Waals surface area (Å²) in [6.45, 7) is 12.7. The van der Waals surface area contributed by atoms with Crippen molar-refractivity contribution in [2.45, 2.75) is 59.0 Å². The molecule has 0 aliphatic carbocycles. The third-order valence-electron chi connectivity index (χ3n) is 3.95. The van der Waals surface area contributed by atoms with Gasteiger partial charge < -0.3 is 14.0 Å². The maximum absolute atomic E-state index is 6.04. The summed E-state index contributed by atoms with van der Waals surface area (Å²) < 4.78 is 19.5. The van der Waals surface area contributed by atoms with Gasteiger partial charge in [0.2, 0.25) is 0 Å². The van der Waals surface area contributed by atoms with E-state index < -0.39 is 7.12 Å². The van der Waals surface area contributed by atoms with E-state index in [9.17, 15) is 0 Å². The van der Waals surface area contributed by atoms with E-state index in [0.29, 0.717) is 6.61 Å². The molecular formula is C13H23BN2O3. The summed E-state index contributed by atoms with van der Waals surface area (Å²) in [5, 5.41) is 4.31. The zero-order valence-electron chi connectivity index (χ0n) is 12.6. The van der Waals surface area contributed by atoms with Crippen molar-refractivity contribution in [3.8, 4) is 0 Å². The van der Waals surface area contributed by atoms with Crippen molar-refractivity contribution >= 4 is 12.7 Å². The van der Waals surface area contributed by atoms with Crippen LogP contribution in [0, 0.1) is 0 Å². The molecule has 1 saturated heterocycles. The summed E-state index contributed by atoms with van der Waals surface area (Å²) in [7, 11) is -0.407. The minimum absolute atomic E-state index is 0.131. The van der Waals surface area contributed by atoms with Crippen molar-refractivity contribution in [3.63, 3.8) is 0 Å². The van der Waals surface area contributed by atoms with Crippen LogP contribution in [0.5, 0.6) is 0 Å². The van der Waals surface area contributed by atoms with Gasteiger partial charge in [0.15, 0.2) is 0 Å². The Labute approximate surface area is 115 Å². The summed E-state index contributed by atoms with van der Waals surface area (Å²) in [5.41, 5.74) is 0.197. The first-order chi connectivity index (χ1) is 8.78. The van der Waals surface area contributed by atoms with Gasteiger partial charge in [0, 0.05) is 12.8 Å². The molecule has 0 N–H and O–H groups in total. The summed E-state index contributed by atoms with van der Waals surface area (Å²) >= 11 is 0. The van der Waals surface area contributed by atoms with E-state index in [-0.39, 0.29) is 17.4 Å². The third-order valence-corrected chi connectivity index (χ3v) is 3.95. The first kappa shape index (κ1) is 14.6. The molecule has 1 unspecified atom stereocenters. The number of hydrogen-bond acceptors (Lipinski definition) is 4. The van der Waals surface area contributed by atoms with E-state index in [1.54, 1.807) is 6.20 Å². The number of ether oxygens (including phenoxy) is 1. The van der Waals surface area contributed by atoms with E-state index in [0.717, 1.165) is 5.59 Å². The van der Waals surface area contributed by atoms with E-state index >= 15 is 0 Å². The van der Waals surface area contributed by atoms with Gasteiger partial charge >= 0.3 is 7.12 Å². The SMILES string of the molecule is CCOC(C)n1nccc1B1OC(C)(C)C(C)(C)O1. The molecule has 6 heteroatoms. The van der Waals surface area contributed by atoms with E-state index in [4.69, 9.17) is 14.0 Å². The molecule has 1 aromatic rings. The minimum Gasteiger partial charge on any atom is -0.398 e. The van der Waals surface area contributed by atoms with Crippen LogP contribution in [0.1, 0.15) is 47.8 Å². The first-order valence-corrected chi connectivity index (χ1v) is 6.79. The van der Waals surface area contributed by atoms with Crippen molar-refractivity contribution in [2.75, 3.05) is 6.61 Å². The zero-order valence-corrected chi connectivity index (χ0v) is 12.6. The molecule has 0 amide bonds. The van der Waals surface area contributed by atoms with Crippen LogP contribution in [-0.2, 0) is 14.0 Å². The molecule has 0 radical (unpaired) electrons. The fourth-order valence-corrected chi connectivity index (χ4v) is 2.09. The molecular weight excluding hydrogens is 243 g/mol. The molecule has 2 rings (SSSR count). The van der Waals surface area contributed by atoms with Gasteiger partial charge in [-0.3, -0.25) is 0 Å². The van der Waals surface area contributed by atoms with Gasteiger partial charge in [-0.05, 0) is 47.6 Å². The Balaban J connectivity index is 2.23. The molecule has 0 saturated carbocycles. The highest BCUT2D eigenvalue weighted by Gasteiger charge is 2.52. The van der Waals surface area contributed by atoms with Gasteiger partial charge in [0.05, 0.1) is 16.8 Å². The quantitative estimate of drug-likeness (QED) is 0.779. The Morgan fingerprint density at radius 3 is 2.42 bits per heavy atom. The largest absolute Gasteiger partial charge is 0.514 e. The monoisotopic (exact) mass is 266 g/mol. The summed E-state index contributed by atoms with van der Waals surface area (Å²) in [4.78, 5) is 0. The summed E-state index contributed by atoms with van der Waals surface area (Å²) in [6.07, 6.45) is 1.62. The van der Waals surface area contributed by atoms with Crippen LogP contribution < -0.4 is 5.59 Å². The molecule has 0 spiro atoms. The highest BCUT2D eigenvalue weighted by atomic mass is 16.7. The number of hydrogen-bond donors (Lipinski definition) is 0. The molecule has 0 bridgehead atoms. The maximum atomic E-state index is 6.04. The summed E-state index contributed by atoms with van der Waals surface area (Å²) in [5.74, 6) is 0. The van der Waals surface area contributed by atoms with Crippen LogP contribution in [-0.4, -0.2) is 34.7 Å². The Kier molecular flexibility index (Phi) is 3.77. The molecule has 1 aliphatic rings. The number of nitrogens with zero attached hydrogens (tertiary/aromatic N) is 2. The first-order valence-electron chi connectivity index (χ1n) is 6.79. The van der Waals surface area contributed by atoms with Gasteiger partial charge in [0.25, 0.3) is 0 Å². The molecule has 2 heterocycles. The molecule has 1 fully saturated rings. The predicted octanol–water partition coefficient (Wildman–Crippen LogP) is 1.74. The normalized spacial score (nSPS) is 22.7. The fraction of sp³-hybridized carbons (Fsp3) is 0.769. The Bertz CT molecular complexity index is 429. The molecule has 1 aromatic heterocycles. The summed E-state index contributed by atoms with van der Waals surface area (Å²) in [6, 6.07) is 1.91. The highest BCUT2D eigenvalue weighted by molar-refractivity contribution is 6.61. The fourth-order valence-electron chi connectivity index (χ4n) is 2.09. The second-order valence-corrected chi connectivity index (χ2v) is 5.84. The van der Waals surface area contributed by atoms with Crippen molar-refractivity contribution < 1.29 is 14.0 Å². The van der Waals surface area contributed by atoms with Crippen LogP contribution in [0.3, 0.4) is 0 Å². The standard InChI is InChI=1S/C13H23BN2O3/c1-7-17-10(2)16-11(8-9-15-16)14-18-12(3,4)13(5,6)19-14/h8-10H,7H2,1-6H3. The lowest BCUT2D eigenvalue weighted by Gasteiger charge is -2.32. The van der Waals surface area contributed by atoms with Gasteiger partial charge in [0.1, 0.15) is 6.23 Å². The van der Waals surface area contributed by atoms with Crippen LogP contribution in [0.4, 0.5) is 0 Å². The Morgan fingerprint density at radius 1 is 1.32 bits per heavy atom. The van der Waals surface area contributed by atoms with Crippen LogP contribution >= 0.6 is 0 Å². The lowest BCUT2D eigenvalue weighted by molar-refractivity contribution is 0.00578. The average molecular weight is 266 g/mol. The Hall–Kier alpha value is -0.845. The third kappa shape index (κ3) is 2.57. The number of rotatable bonds is 4. The number of aromatic nitrogens is 2. The van der Waals surface area contributed by atoms with Crippen molar-refractivity contribution in [3.05, 3.63) is 12.3 Å². The molecule has 0 aromatic carbocycles. The average Bonchev–Trinajstić information content (AvgIpc) is 2.82. The zero-order chi connectivity index (χ0) is 14.3. The van der Waals surface area contributed by atoms with Gasteiger partial charge in [-0.25, -0.2) is 4.68 Å². The van der Waals surface area contributed by atoms with Crippen molar-refractivity contribution in [2.24, 2.45) is 0 Å². The van der Waals surface area contributed by atoms with E-state index in [2.05, 4.69) is 5.10 Å². The molecule has 1 aliphatic heterocycles. The molecule has 19 heavy (non-hydrogen) atoms. The van der Waals surface area contributed by atoms with Crippen LogP contribution in [0.15, 0.2) is 12.3 Å². The molecule has 106 valence electrons. The smallest absolute Gasteiger partial charge is 0.398 e. The van der Waals surface area contributed by atoms with Crippen molar-refractivity contribution in [1.29, 1.82) is 0 Å². The molecule has 1 atom stereocenters. The topological polar surface area (TPSA) is 45.5 Å². The lowest BCUT2D eigenvalue weighted by Crippen LogP contribution is -2.41. The van der Waals surface area contributed by atoms with Gasteiger partial charge in [-0.2, -0.15) is 5.10 Å². The Morgan fingerprint density at radius 2 is 1.89 bits per heavy atom. The molecule has 5 nitrogen and oxygen atoms in total. The van der Waals surface area contributed by atoms with Crippen LogP contribution in [0.2, 0.25) is 0 Å². The lowest BCUT2D eigenvalue weighted by atomic mass is 9.84. The highest BCUT2D eigenvalue weighted by Crippen LogP contribution is 2.36. The van der Waals surface area contributed by atoms with E-state index in [1.807, 2.05) is 52.3 Å².